The molecule has 1 aliphatic heterocycles. The van der Waals surface area contributed by atoms with Gasteiger partial charge in [-0.05, 0) is 31.5 Å². The number of carbonyl (C=O) groups excluding carboxylic acids is 1. The molecule has 1 aliphatic rings. The zero-order valence-electron chi connectivity index (χ0n) is 18.7. The average molecular weight is 464 g/mol. The Bertz CT molecular complexity index is 1000. The Morgan fingerprint density at radius 1 is 1.22 bits per heavy atom. The van der Waals surface area contributed by atoms with Gasteiger partial charge in [-0.2, -0.15) is 0 Å². The molecule has 2 heterocycles. The molecule has 1 aromatic heterocycles. The highest BCUT2D eigenvalue weighted by Crippen LogP contribution is 2.36. The molecule has 0 spiro atoms. The number of rotatable bonds is 7. The van der Waals surface area contributed by atoms with Gasteiger partial charge in [-0.15, -0.1) is 0 Å². The Kier molecular flexibility index (Phi) is 8.17. The summed E-state index contributed by atoms with van der Waals surface area (Å²) < 4.78 is 11.9. The summed E-state index contributed by atoms with van der Waals surface area (Å²) >= 11 is 6.55. The van der Waals surface area contributed by atoms with Gasteiger partial charge in [0.2, 0.25) is 0 Å². The minimum absolute atomic E-state index is 0.0705. The molecule has 3 rings (SSSR count). The summed E-state index contributed by atoms with van der Waals surface area (Å²) in [5.74, 6) is -0.0705. The highest BCUT2D eigenvalue weighted by molar-refractivity contribution is 6.31. The van der Waals surface area contributed by atoms with Crippen molar-refractivity contribution < 1.29 is 19.4 Å². The summed E-state index contributed by atoms with van der Waals surface area (Å²) in [5.41, 5.74) is 1.37. The summed E-state index contributed by atoms with van der Waals surface area (Å²) in [6, 6.07) is 8.36. The largest absolute Gasteiger partial charge is 0.507 e. The topological polar surface area (TPSA) is 84.2 Å². The first-order valence-corrected chi connectivity index (χ1v) is 11.1. The number of pyridine rings is 1. The van der Waals surface area contributed by atoms with Crippen molar-refractivity contribution in [2.45, 2.75) is 26.4 Å². The van der Waals surface area contributed by atoms with Gasteiger partial charge in [0.15, 0.2) is 0 Å². The van der Waals surface area contributed by atoms with E-state index in [0.29, 0.717) is 56.7 Å². The molecule has 0 radical (unpaired) electrons. The van der Waals surface area contributed by atoms with Crippen molar-refractivity contribution in [1.82, 2.24) is 14.4 Å². The normalized spacial score (nSPS) is 15.6. The van der Waals surface area contributed by atoms with Crippen LogP contribution in [0.4, 0.5) is 4.79 Å². The van der Waals surface area contributed by atoms with Gasteiger partial charge in [0.05, 0.1) is 24.8 Å². The number of piperazine rings is 1. The Balaban J connectivity index is 2.04. The number of hydrogen-bond acceptors (Lipinski definition) is 6. The van der Waals surface area contributed by atoms with Crippen molar-refractivity contribution in [3.05, 3.63) is 62.5 Å². The van der Waals surface area contributed by atoms with E-state index in [2.05, 4.69) is 4.90 Å². The molecule has 2 aromatic rings. The third-order valence-corrected chi connectivity index (χ3v) is 6.06. The minimum atomic E-state index is -0.560. The lowest BCUT2D eigenvalue weighted by atomic mass is 9.96. The molecular weight excluding hydrogens is 434 g/mol. The summed E-state index contributed by atoms with van der Waals surface area (Å²) in [6.45, 7) is 6.52. The standard InChI is InChI=1S/C23H30ClN3O5/c1-4-32-23(30)26-11-9-25(10-12-26)21(17-7-5-6-8-18(17)24)20-19(28)15-16(2)27(22(20)29)13-14-31-3/h5-8,15,21,28H,4,9-14H2,1-3H3. The first-order valence-electron chi connectivity index (χ1n) is 10.7. The molecule has 1 atom stereocenters. The van der Waals surface area contributed by atoms with Gasteiger partial charge in [0.1, 0.15) is 5.75 Å². The molecular formula is C23H30ClN3O5. The first-order chi connectivity index (χ1) is 15.4. The van der Waals surface area contributed by atoms with Gasteiger partial charge < -0.3 is 24.0 Å². The molecule has 174 valence electrons. The Hall–Kier alpha value is -2.55. The smallest absolute Gasteiger partial charge is 0.409 e. The van der Waals surface area contributed by atoms with Gasteiger partial charge >= 0.3 is 6.09 Å². The minimum Gasteiger partial charge on any atom is -0.507 e. The molecule has 1 aromatic carbocycles. The zero-order valence-corrected chi connectivity index (χ0v) is 19.5. The van der Waals surface area contributed by atoms with Crippen molar-refractivity contribution in [3.63, 3.8) is 0 Å². The third-order valence-electron chi connectivity index (χ3n) is 5.72. The van der Waals surface area contributed by atoms with Crippen LogP contribution in [0.2, 0.25) is 5.02 Å². The highest BCUT2D eigenvalue weighted by atomic mass is 35.5. The van der Waals surface area contributed by atoms with E-state index in [1.165, 1.54) is 0 Å². The van der Waals surface area contributed by atoms with Crippen molar-refractivity contribution in [1.29, 1.82) is 0 Å². The molecule has 8 nitrogen and oxygen atoms in total. The van der Waals surface area contributed by atoms with E-state index in [1.807, 2.05) is 18.2 Å². The number of methoxy groups -OCH3 is 1. The fraction of sp³-hybridized carbons (Fsp3) is 0.478. The number of benzene rings is 1. The maximum Gasteiger partial charge on any atom is 0.409 e. The Morgan fingerprint density at radius 2 is 1.91 bits per heavy atom. The van der Waals surface area contributed by atoms with Crippen LogP contribution in [0, 0.1) is 6.92 Å². The fourth-order valence-corrected chi connectivity index (χ4v) is 4.33. The highest BCUT2D eigenvalue weighted by Gasteiger charge is 2.33. The summed E-state index contributed by atoms with van der Waals surface area (Å²) in [7, 11) is 1.58. The molecule has 9 heteroatoms. The lowest BCUT2D eigenvalue weighted by Gasteiger charge is -2.39. The van der Waals surface area contributed by atoms with E-state index in [0.717, 1.165) is 5.56 Å². The van der Waals surface area contributed by atoms with Crippen LogP contribution in [0.5, 0.6) is 5.75 Å². The third kappa shape index (κ3) is 5.09. The number of amides is 1. The van der Waals surface area contributed by atoms with Gasteiger partial charge in [0, 0.05) is 50.6 Å². The Labute approximate surface area is 192 Å². The van der Waals surface area contributed by atoms with Crippen LogP contribution in [0.3, 0.4) is 0 Å². The second kappa shape index (κ2) is 10.8. The van der Waals surface area contributed by atoms with E-state index in [1.54, 1.807) is 42.6 Å². The molecule has 32 heavy (non-hydrogen) atoms. The number of halogens is 1. The van der Waals surface area contributed by atoms with Crippen molar-refractivity contribution in [2.75, 3.05) is 46.5 Å². The van der Waals surface area contributed by atoms with Crippen molar-refractivity contribution >= 4 is 17.7 Å². The zero-order chi connectivity index (χ0) is 23.3. The lowest BCUT2D eigenvalue weighted by Crippen LogP contribution is -2.50. The van der Waals surface area contributed by atoms with Crippen molar-refractivity contribution in [2.24, 2.45) is 0 Å². The summed E-state index contributed by atoms with van der Waals surface area (Å²) in [5, 5.41) is 11.4. The quantitative estimate of drug-likeness (QED) is 0.679. The molecule has 0 saturated carbocycles. The molecule has 1 amide bonds. The maximum absolute atomic E-state index is 13.5. The van der Waals surface area contributed by atoms with E-state index >= 15 is 0 Å². The van der Waals surface area contributed by atoms with E-state index in [9.17, 15) is 14.7 Å². The summed E-state index contributed by atoms with van der Waals surface area (Å²) in [6.07, 6.45) is -0.346. The molecule has 0 aliphatic carbocycles. The first kappa shape index (κ1) is 24.1. The summed E-state index contributed by atoms with van der Waals surface area (Å²) in [4.78, 5) is 29.4. The number of aromatic nitrogens is 1. The molecule has 1 fully saturated rings. The van der Waals surface area contributed by atoms with Crippen LogP contribution in [0.15, 0.2) is 35.1 Å². The van der Waals surface area contributed by atoms with Gasteiger partial charge in [-0.25, -0.2) is 4.79 Å². The number of aryl methyl sites for hydroxylation is 1. The predicted molar refractivity (Wildman–Crippen MR) is 122 cm³/mol. The van der Waals surface area contributed by atoms with Crippen LogP contribution < -0.4 is 5.56 Å². The van der Waals surface area contributed by atoms with Gasteiger partial charge in [-0.3, -0.25) is 9.69 Å². The molecule has 1 saturated heterocycles. The SMILES string of the molecule is CCOC(=O)N1CCN(C(c2ccccc2Cl)c2c(O)cc(C)n(CCOC)c2=O)CC1. The van der Waals surface area contributed by atoms with E-state index < -0.39 is 6.04 Å². The second-order valence-corrected chi connectivity index (χ2v) is 8.09. The molecule has 0 bridgehead atoms. The molecule has 1 N–H and O–H groups in total. The average Bonchev–Trinajstić information content (AvgIpc) is 2.77. The predicted octanol–water partition coefficient (Wildman–Crippen LogP) is 3.03. The number of nitrogens with zero attached hydrogens (tertiary/aromatic N) is 3. The number of hydrogen-bond donors (Lipinski definition) is 1. The van der Waals surface area contributed by atoms with Gasteiger partial charge in [0.25, 0.3) is 5.56 Å². The number of ether oxygens (including phenoxy) is 2. The maximum atomic E-state index is 13.5. The van der Waals surface area contributed by atoms with Crippen LogP contribution >= 0.6 is 11.6 Å². The van der Waals surface area contributed by atoms with Crippen LogP contribution in [-0.2, 0) is 16.0 Å². The van der Waals surface area contributed by atoms with Crippen molar-refractivity contribution in [3.8, 4) is 5.75 Å². The van der Waals surface area contributed by atoms with Gasteiger partial charge in [-0.1, -0.05) is 29.8 Å². The fourth-order valence-electron chi connectivity index (χ4n) is 4.10. The number of carbonyl (C=O) groups is 1. The van der Waals surface area contributed by atoms with Crippen LogP contribution in [-0.4, -0.2) is 72.1 Å². The van der Waals surface area contributed by atoms with E-state index in [4.69, 9.17) is 21.1 Å². The number of aromatic hydroxyl groups is 1. The van der Waals surface area contributed by atoms with Crippen LogP contribution in [0.25, 0.3) is 0 Å². The lowest BCUT2D eigenvalue weighted by molar-refractivity contribution is 0.0709. The van der Waals surface area contributed by atoms with Crippen LogP contribution in [0.1, 0.15) is 29.8 Å². The Morgan fingerprint density at radius 3 is 2.53 bits per heavy atom. The molecule has 1 unspecified atom stereocenters. The second-order valence-electron chi connectivity index (χ2n) is 7.68. The van der Waals surface area contributed by atoms with E-state index in [-0.39, 0.29) is 23.0 Å². The monoisotopic (exact) mass is 463 g/mol.